The Kier molecular flexibility index (Phi) is 4.86. The minimum Gasteiger partial charge on any atom is -0.331 e. The zero-order chi connectivity index (χ0) is 21.4. The molecule has 3 aromatic carbocycles. The lowest BCUT2D eigenvalue weighted by atomic mass is 10.1. The fourth-order valence-corrected chi connectivity index (χ4v) is 4.00. The number of carbonyl (C=O) groups excluding carboxylic acids is 1. The number of benzene rings is 3. The van der Waals surface area contributed by atoms with Gasteiger partial charge in [-0.05, 0) is 61.7 Å². The molecule has 1 heterocycles. The Morgan fingerprint density at radius 3 is 2.35 bits per heavy atom. The van der Waals surface area contributed by atoms with Crippen molar-refractivity contribution >= 4 is 16.8 Å². The molecule has 31 heavy (non-hydrogen) atoms. The van der Waals surface area contributed by atoms with Crippen LogP contribution < -0.4 is 5.56 Å². The number of fused-ring (bicyclic) bond motifs is 1. The lowest BCUT2D eigenvalue weighted by molar-refractivity contribution is 0.0730. The zero-order valence-corrected chi connectivity index (χ0v) is 17.4. The van der Waals surface area contributed by atoms with Crippen LogP contribution in [-0.4, -0.2) is 26.4 Å². The van der Waals surface area contributed by atoms with Crippen LogP contribution in [0.5, 0.6) is 0 Å². The van der Waals surface area contributed by atoms with Crippen LogP contribution in [0.2, 0.25) is 0 Å². The van der Waals surface area contributed by atoms with E-state index in [4.69, 9.17) is 0 Å². The van der Waals surface area contributed by atoms with Crippen molar-refractivity contribution in [1.29, 1.82) is 0 Å². The number of hydrogen-bond acceptors (Lipinski definition) is 3. The van der Waals surface area contributed by atoms with E-state index in [9.17, 15) is 9.59 Å². The monoisotopic (exact) mass is 409 g/mol. The normalized spacial score (nSPS) is 13.3. The van der Waals surface area contributed by atoms with Gasteiger partial charge in [0, 0.05) is 18.2 Å². The first-order valence-electron chi connectivity index (χ1n) is 10.6. The van der Waals surface area contributed by atoms with E-state index in [-0.39, 0.29) is 11.5 Å². The van der Waals surface area contributed by atoms with E-state index in [1.165, 1.54) is 0 Å². The highest BCUT2D eigenvalue weighted by molar-refractivity contribution is 5.94. The summed E-state index contributed by atoms with van der Waals surface area (Å²) in [4.78, 5) is 32.8. The van der Waals surface area contributed by atoms with E-state index in [0.29, 0.717) is 40.6 Å². The minimum absolute atomic E-state index is 0.0265. The molecule has 0 aliphatic heterocycles. The second-order valence-corrected chi connectivity index (χ2v) is 8.01. The molecular weight excluding hydrogens is 386 g/mol. The number of hydrogen-bond donors (Lipinski definition) is 0. The smallest absolute Gasteiger partial charge is 0.265 e. The maximum atomic E-state index is 13.2. The highest BCUT2D eigenvalue weighted by Crippen LogP contribution is 2.30. The summed E-state index contributed by atoms with van der Waals surface area (Å²) in [5, 5.41) is 0.580. The first-order valence-corrected chi connectivity index (χ1v) is 10.6. The zero-order valence-electron chi connectivity index (χ0n) is 17.4. The molecule has 1 saturated carbocycles. The number of aryl methyl sites for hydroxylation is 1. The van der Waals surface area contributed by atoms with E-state index in [2.05, 4.69) is 4.98 Å². The van der Waals surface area contributed by atoms with Gasteiger partial charge in [-0.2, -0.15) is 0 Å². The summed E-state index contributed by atoms with van der Waals surface area (Å²) < 4.78 is 1.60. The van der Waals surface area contributed by atoms with Crippen molar-refractivity contribution in [1.82, 2.24) is 14.5 Å². The SMILES string of the molecule is Cc1nc2ccccc2c(=O)n1-c1ccc(C(=O)N(Cc2ccccc2)C2CC2)cc1. The highest BCUT2D eigenvalue weighted by Gasteiger charge is 2.33. The molecule has 1 aromatic heterocycles. The van der Waals surface area contributed by atoms with E-state index in [1.54, 1.807) is 22.8 Å². The summed E-state index contributed by atoms with van der Waals surface area (Å²) in [6.45, 7) is 2.43. The maximum absolute atomic E-state index is 13.2. The molecule has 0 radical (unpaired) electrons. The molecule has 154 valence electrons. The highest BCUT2D eigenvalue weighted by atomic mass is 16.2. The predicted octanol–water partition coefficient (Wildman–Crippen LogP) is 4.50. The van der Waals surface area contributed by atoms with Gasteiger partial charge < -0.3 is 4.90 Å². The molecule has 1 fully saturated rings. The predicted molar refractivity (Wildman–Crippen MR) is 121 cm³/mol. The van der Waals surface area contributed by atoms with Crippen LogP contribution in [0.25, 0.3) is 16.6 Å². The Morgan fingerprint density at radius 2 is 1.65 bits per heavy atom. The lowest BCUT2D eigenvalue weighted by Crippen LogP contribution is -2.32. The van der Waals surface area contributed by atoms with Crippen molar-refractivity contribution in [3.8, 4) is 5.69 Å². The Bertz CT molecular complexity index is 1310. The minimum atomic E-state index is -0.106. The number of aromatic nitrogens is 2. The Hall–Kier alpha value is -3.73. The van der Waals surface area contributed by atoms with Crippen LogP contribution in [0.4, 0.5) is 0 Å². The molecule has 4 aromatic rings. The topological polar surface area (TPSA) is 55.2 Å². The van der Waals surface area contributed by atoms with Gasteiger partial charge in [0.25, 0.3) is 11.5 Å². The van der Waals surface area contributed by atoms with Gasteiger partial charge in [0.2, 0.25) is 0 Å². The fraction of sp³-hybridized carbons (Fsp3) is 0.192. The molecule has 5 heteroatoms. The molecule has 1 aliphatic carbocycles. The number of carbonyl (C=O) groups is 1. The van der Waals surface area contributed by atoms with Crippen molar-refractivity contribution in [3.63, 3.8) is 0 Å². The Labute approximate surface area is 180 Å². The quantitative estimate of drug-likeness (QED) is 0.488. The van der Waals surface area contributed by atoms with E-state index < -0.39 is 0 Å². The van der Waals surface area contributed by atoms with Crippen LogP contribution in [0.3, 0.4) is 0 Å². The summed E-state index contributed by atoms with van der Waals surface area (Å²) >= 11 is 0. The van der Waals surface area contributed by atoms with E-state index >= 15 is 0 Å². The molecule has 0 saturated heterocycles. The van der Waals surface area contributed by atoms with Crippen LogP contribution in [0, 0.1) is 6.92 Å². The van der Waals surface area contributed by atoms with Crippen LogP contribution in [-0.2, 0) is 6.54 Å². The molecular formula is C26H23N3O2. The molecule has 0 spiro atoms. The van der Waals surface area contributed by atoms with Crippen molar-refractivity contribution in [2.24, 2.45) is 0 Å². The first-order chi connectivity index (χ1) is 15.1. The third-order valence-electron chi connectivity index (χ3n) is 5.76. The van der Waals surface area contributed by atoms with Crippen molar-refractivity contribution in [2.75, 3.05) is 0 Å². The van der Waals surface area contributed by atoms with E-state index in [0.717, 1.165) is 18.4 Å². The molecule has 5 rings (SSSR count). The second kappa shape index (κ2) is 7.84. The van der Waals surface area contributed by atoms with Crippen LogP contribution in [0.15, 0.2) is 83.7 Å². The van der Waals surface area contributed by atoms with Gasteiger partial charge in [-0.3, -0.25) is 14.2 Å². The number of rotatable bonds is 5. The standard InChI is InChI=1S/C26H23N3O2/c1-18-27-24-10-6-5-9-23(24)26(31)29(18)22-13-11-20(12-14-22)25(30)28(21-15-16-21)17-19-7-3-2-4-8-19/h2-14,21H,15-17H2,1H3. The summed E-state index contributed by atoms with van der Waals surface area (Å²) in [6, 6.07) is 25.0. The maximum Gasteiger partial charge on any atom is 0.265 e. The van der Waals surface area contributed by atoms with Gasteiger partial charge in [-0.1, -0.05) is 42.5 Å². The van der Waals surface area contributed by atoms with Crippen molar-refractivity contribution < 1.29 is 4.79 Å². The van der Waals surface area contributed by atoms with Gasteiger partial charge in [0.15, 0.2) is 0 Å². The van der Waals surface area contributed by atoms with Gasteiger partial charge in [-0.15, -0.1) is 0 Å². The van der Waals surface area contributed by atoms with Crippen molar-refractivity contribution in [3.05, 3.63) is 106 Å². The first kappa shape index (κ1) is 19.2. The summed E-state index contributed by atoms with van der Waals surface area (Å²) in [5.74, 6) is 0.644. The summed E-state index contributed by atoms with van der Waals surface area (Å²) in [6.07, 6.45) is 2.10. The number of amides is 1. The van der Waals surface area contributed by atoms with Crippen molar-refractivity contribution in [2.45, 2.75) is 32.4 Å². The molecule has 0 bridgehead atoms. The van der Waals surface area contributed by atoms with Crippen LogP contribution >= 0.6 is 0 Å². The molecule has 0 N–H and O–H groups in total. The van der Waals surface area contributed by atoms with Gasteiger partial charge in [-0.25, -0.2) is 4.98 Å². The van der Waals surface area contributed by atoms with Gasteiger partial charge in [0.05, 0.1) is 16.6 Å². The molecule has 1 aliphatic rings. The third-order valence-corrected chi connectivity index (χ3v) is 5.76. The average molecular weight is 409 g/mol. The fourth-order valence-electron chi connectivity index (χ4n) is 4.00. The summed E-state index contributed by atoms with van der Waals surface area (Å²) in [5.41, 5.74) is 3.05. The van der Waals surface area contributed by atoms with Crippen LogP contribution in [0.1, 0.15) is 34.6 Å². The average Bonchev–Trinajstić information content (AvgIpc) is 3.63. The second-order valence-electron chi connectivity index (χ2n) is 8.01. The molecule has 1 amide bonds. The lowest BCUT2D eigenvalue weighted by Gasteiger charge is -2.23. The number of nitrogens with zero attached hydrogens (tertiary/aromatic N) is 3. The van der Waals surface area contributed by atoms with Gasteiger partial charge >= 0.3 is 0 Å². The largest absolute Gasteiger partial charge is 0.331 e. The van der Waals surface area contributed by atoms with E-state index in [1.807, 2.05) is 72.5 Å². The molecule has 5 nitrogen and oxygen atoms in total. The molecule has 0 unspecified atom stereocenters. The number of para-hydroxylation sites is 1. The third kappa shape index (κ3) is 3.75. The molecule has 0 atom stereocenters. The Balaban J connectivity index is 1.45. The Morgan fingerprint density at radius 1 is 0.968 bits per heavy atom. The summed E-state index contributed by atoms with van der Waals surface area (Å²) in [7, 11) is 0. The van der Waals surface area contributed by atoms with Gasteiger partial charge in [0.1, 0.15) is 5.82 Å².